The molecule has 0 spiro atoms. The zero-order valence-corrected chi connectivity index (χ0v) is 21.4. The molecule has 37 heavy (non-hydrogen) atoms. The standard InChI is InChI=1S/C26H30N6O5/c1-26(2,3)37-24(33)29-18-7-6-8-19(15-18)32-22-21(31(4)25(32)34)16-27-23(30-22)28-17-9-11-20(12-10-17)36-14-13-35-5/h6-12,15-16H,13-14H2,1-5H3,(H,29,33)(H,27,28,30). The predicted octanol–water partition coefficient (Wildman–Crippen LogP) is 4.24. The van der Waals surface area contributed by atoms with Gasteiger partial charge in [0.2, 0.25) is 5.95 Å². The third kappa shape index (κ3) is 6.25. The van der Waals surface area contributed by atoms with Gasteiger partial charge in [-0.25, -0.2) is 19.1 Å². The van der Waals surface area contributed by atoms with Crippen molar-refractivity contribution in [3.63, 3.8) is 0 Å². The van der Waals surface area contributed by atoms with Crippen LogP contribution in [0.2, 0.25) is 0 Å². The minimum Gasteiger partial charge on any atom is -0.491 e. The second-order valence-corrected chi connectivity index (χ2v) is 9.25. The summed E-state index contributed by atoms with van der Waals surface area (Å²) in [5, 5.41) is 5.86. The number of aryl methyl sites for hydroxylation is 1. The second kappa shape index (κ2) is 10.7. The third-order valence-corrected chi connectivity index (χ3v) is 5.22. The number of imidazole rings is 1. The fourth-order valence-electron chi connectivity index (χ4n) is 3.55. The van der Waals surface area contributed by atoms with Crippen LogP contribution >= 0.6 is 0 Å². The van der Waals surface area contributed by atoms with E-state index in [-0.39, 0.29) is 5.69 Å². The fourth-order valence-corrected chi connectivity index (χ4v) is 3.55. The first kappa shape index (κ1) is 25.7. The lowest BCUT2D eigenvalue weighted by molar-refractivity contribution is 0.0636. The molecule has 0 aliphatic carbocycles. The summed E-state index contributed by atoms with van der Waals surface area (Å²) in [6.07, 6.45) is 1.01. The fraction of sp³-hybridized carbons (Fsp3) is 0.308. The van der Waals surface area contributed by atoms with Gasteiger partial charge in [0, 0.05) is 25.5 Å². The van der Waals surface area contributed by atoms with Gasteiger partial charge in [-0.1, -0.05) is 6.07 Å². The van der Waals surface area contributed by atoms with Gasteiger partial charge in [-0.3, -0.25) is 9.88 Å². The molecule has 11 heteroatoms. The molecule has 0 aliphatic rings. The Bertz CT molecular complexity index is 1450. The summed E-state index contributed by atoms with van der Waals surface area (Å²) in [6.45, 7) is 6.33. The Kier molecular flexibility index (Phi) is 7.44. The molecule has 2 N–H and O–H groups in total. The molecule has 2 heterocycles. The number of ether oxygens (including phenoxy) is 3. The van der Waals surface area contributed by atoms with Gasteiger partial charge in [0.15, 0.2) is 5.65 Å². The second-order valence-electron chi connectivity index (χ2n) is 9.25. The van der Waals surface area contributed by atoms with Crippen LogP contribution in [0.4, 0.5) is 22.1 Å². The van der Waals surface area contributed by atoms with Crippen LogP contribution in [0, 0.1) is 0 Å². The largest absolute Gasteiger partial charge is 0.491 e. The number of carbonyl (C=O) groups is 1. The summed E-state index contributed by atoms with van der Waals surface area (Å²) in [4.78, 5) is 34.3. The van der Waals surface area contributed by atoms with Gasteiger partial charge in [0.25, 0.3) is 0 Å². The highest BCUT2D eigenvalue weighted by Crippen LogP contribution is 2.22. The van der Waals surface area contributed by atoms with Crippen molar-refractivity contribution in [3.8, 4) is 11.4 Å². The van der Waals surface area contributed by atoms with Crippen molar-refractivity contribution in [1.29, 1.82) is 0 Å². The van der Waals surface area contributed by atoms with E-state index in [0.717, 1.165) is 11.4 Å². The molecule has 4 aromatic rings. The van der Waals surface area contributed by atoms with Crippen molar-refractivity contribution in [2.24, 2.45) is 7.05 Å². The molecule has 1 amide bonds. The number of nitrogens with zero attached hydrogens (tertiary/aromatic N) is 4. The van der Waals surface area contributed by atoms with Crippen molar-refractivity contribution in [2.75, 3.05) is 31.0 Å². The molecule has 0 saturated carbocycles. The molecular formula is C26H30N6O5. The number of anilines is 3. The first-order valence-corrected chi connectivity index (χ1v) is 11.7. The van der Waals surface area contributed by atoms with E-state index in [2.05, 4.69) is 20.6 Å². The first-order chi connectivity index (χ1) is 17.6. The van der Waals surface area contributed by atoms with Gasteiger partial charge in [0.05, 0.1) is 18.5 Å². The van der Waals surface area contributed by atoms with E-state index in [0.29, 0.717) is 41.7 Å². The average Bonchev–Trinajstić information content (AvgIpc) is 3.08. The Hall–Kier alpha value is -4.38. The summed E-state index contributed by atoms with van der Waals surface area (Å²) in [5.74, 6) is 1.04. The molecule has 2 aromatic heterocycles. The van der Waals surface area contributed by atoms with E-state index in [1.54, 1.807) is 65.4 Å². The monoisotopic (exact) mass is 506 g/mol. The highest BCUT2D eigenvalue weighted by atomic mass is 16.6. The third-order valence-electron chi connectivity index (χ3n) is 5.22. The molecule has 0 radical (unpaired) electrons. The van der Waals surface area contributed by atoms with Crippen molar-refractivity contribution in [1.82, 2.24) is 19.1 Å². The Morgan fingerprint density at radius 3 is 2.51 bits per heavy atom. The number of methoxy groups -OCH3 is 1. The summed E-state index contributed by atoms with van der Waals surface area (Å²) < 4.78 is 18.8. The van der Waals surface area contributed by atoms with Crippen LogP contribution in [-0.2, 0) is 16.5 Å². The highest BCUT2D eigenvalue weighted by Gasteiger charge is 2.18. The lowest BCUT2D eigenvalue weighted by Gasteiger charge is -2.19. The van der Waals surface area contributed by atoms with Crippen molar-refractivity contribution in [2.45, 2.75) is 26.4 Å². The minimum absolute atomic E-state index is 0.298. The van der Waals surface area contributed by atoms with Crippen LogP contribution in [0.5, 0.6) is 5.75 Å². The van der Waals surface area contributed by atoms with E-state index in [1.807, 2.05) is 24.3 Å². The average molecular weight is 507 g/mol. The molecule has 0 unspecified atom stereocenters. The van der Waals surface area contributed by atoms with Crippen molar-refractivity contribution < 1.29 is 19.0 Å². The van der Waals surface area contributed by atoms with E-state index in [1.165, 1.54) is 9.13 Å². The Labute approximate surface area is 214 Å². The zero-order valence-electron chi connectivity index (χ0n) is 21.4. The Morgan fingerprint density at radius 1 is 1.05 bits per heavy atom. The smallest absolute Gasteiger partial charge is 0.412 e. The zero-order chi connectivity index (χ0) is 26.6. The maximum Gasteiger partial charge on any atom is 0.412 e. The summed E-state index contributed by atoms with van der Waals surface area (Å²) >= 11 is 0. The molecule has 0 saturated heterocycles. The van der Waals surface area contributed by atoms with Crippen molar-refractivity contribution in [3.05, 3.63) is 65.2 Å². The molecule has 2 aromatic carbocycles. The molecule has 0 fully saturated rings. The van der Waals surface area contributed by atoms with Gasteiger partial charge in [0.1, 0.15) is 23.5 Å². The summed E-state index contributed by atoms with van der Waals surface area (Å²) in [5.41, 5.74) is 1.82. The van der Waals surface area contributed by atoms with Crippen LogP contribution in [0.3, 0.4) is 0 Å². The number of carbonyl (C=O) groups excluding carboxylic acids is 1. The Balaban J connectivity index is 1.61. The number of hydrogen-bond donors (Lipinski definition) is 2. The minimum atomic E-state index is -0.633. The van der Waals surface area contributed by atoms with Crippen molar-refractivity contribution >= 4 is 34.6 Å². The molecule has 0 atom stereocenters. The molecule has 194 valence electrons. The van der Waals surface area contributed by atoms with Gasteiger partial charge < -0.3 is 19.5 Å². The number of fused-ring (bicyclic) bond motifs is 1. The number of aromatic nitrogens is 4. The lowest BCUT2D eigenvalue weighted by Crippen LogP contribution is -2.27. The topological polar surface area (TPSA) is 122 Å². The summed E-state index contributed by atoms with van der Waals surface area (Å²) in [6, 6.07) is 14.3. The van der Waals surface area contributed by atoms with Crippen LogP contribution in [0.15, 0.2) is 59.5 Å². The normalized spacial score (nSPS) is 11.4. The van der Waals surface area contributed by atoms with Gasteiger partial charge in [-0.05, 0) is 63.2 Å². The van der Waals surface area contributed by atoms with Crippen LogP contribution in [0.1, 0.15) is 20.8 Å². The highest BCUT2D eigenvalue weighted by molar-refractivity contribution is 5.85. The summed E-state index contributed by atoms with van der Waals surface area (Å²) in [7, 11) is 3.28. The van der Waals surface area contributed by atoms with E-state index >= 15 is 0 Å². The van der Waals surface area contributed by atoms with Gasteiger partial charge in [-0.2, -0.15) is 4.98 Å². The van der Waals surface area contributed by atoms with Crippen LogP contribution in [-0.4, -0.2) is 51.1 Å². The number of amides is 1. The Morgan fingerprint density at radius 2 is 1.81 bits per heavy atom. The predicted molar refractivity (Wildman–Crippen MR) is 141 cm³/mol. The van der Waals surface area contributed by atoms with Gasteiger partial charge in [-0.15, -0.1) is 0 Å². The maximum atomic E-state index is 13.1. The van der Waals surface area contributed by atoms with E-state index in [9.17, 15) is 9.59 Å². The molecular weight excluding hydrogens is 476 g/mol. The molecule has 11 nitrogen and oxygen atoms in total. The molecule has 0 bridgehead atoms. The number of rotatable bonds is 8. The lowest BCUT2D eigenvalue weighted by atomic mass is 10.2. The van der Waals surface area contributed by atoms with Gasteiger partial charge >= 0.3 is 11.8 Å². The molecule has 4 rings (SSSR count). The quantitative estimate of drug-likeness (QED) is 0.341. The van der Waals surface area contributed by atoms with E-state index in [4.69, 9.17) is 14.2 Å². The van der Waals surface area contributed by atoms with Crippen LogP contribution in [0.25, 0.3) is 16.9 Å². The molecule has 0 aliphatic heterocycles. The number of benzene rings is 2. The van der Waals surface area contributed by atoms with E-state index < -0.39 is 11.7 Å². The first-order valence-electron chi connectivity index (χ1n) is 11.7. The van der Waals surface area contributed by atoms with Crippen LogP contribution < -0.4 is 21.1 Å². The maximum absolute atomic E-state index is 13.1. The number of hydrogen-bond acceptors (Lipinski definition) is 8. The SMILES string of the molecule is COCCOc1ccc(Nc2ncc3c(n2)n(-c2cccc(NC(=O)OC(C)(C)C)c2)c(=O)n3C)cc1. The number of nitrogens with one attached hydrogen (secondary N) is 2.